The molecule has 1 aromatic heterocycles. The Morgan fingerprint density at radius 3 is 2.59 bits per heavy atom. The molecule has 0 spiro atoms. The van der Waals surface area contributed by atoms with Crippen LogP contribution in [0.4, 0.5) is 9.18 Å². The molecule has 2 N–H and O–H groups in total. The zero-order valence-corrected chi connectivity index (χ0v) is 17.0. The Morgan fingerprint density at radius 1 is 1.14 bits per heavy atom. The van der Waals surface area contributed by atoms with Crippen LogP contribution in [0.15, 0.2) is 63.7 Å². The first-order valence-electron chi connectivity index (χ1n) is 8.56. The fourth-order valence-electron chi connectivity index (χ4n) is 2.78. The number of hydrogen-bond acceptors (Lipinski definition) is 5. The molecule has 0 aliphatic carbocycles. The summed E-state index contributed by atoms with van der Waals surface area (Å²) in [5.41, 5.74) is 0.420. The third-order valence-corrected chi connectivity index (χ3v) is 7.64. The lowest BCUT2D eigenvalue weighted by Gasteiger charge is -2.08. The molecule has 6 nitrogen and oxygen atoms in total. The molecule has 9 heteroatoms. The average Bonchev–Trinajstić information content (AvgIpc) is 3.13. The van der Waals surface area contributed by atoms with Crippen LogP contribution >= 0.6 is 11.3 Å². The molecule has 29 heavy (non-hydrogen) atoms. The van der Waals surface area contributed by atoms with E-state index >= 15 is 0 Å². The molecule has 0 fully saturated rings. The highest BCUT2D eigenvalue weighted by atomic mass is 32.2. The molecule has 0 saturated heterocycles. The van der Waals surface area contributed by atoms with Gasteiger partial charge in [0.1, 0.15) is 15.8 Å². The van der Waals surface area contributed by atoms with E-state index in [-0.39, 0.29) is 33.2 Å². The van der Waals surface area contributed by atoms with Crippen LogP contribution in [0.3, 0.4) is 0 Å². The van der Waals surface area contributed by atoms with Gasteiger partial charge in [0.15, 0.2) is 0 Å². The number of thiophene rings is 1. The predicted molar refractivity (Wildman–Crippen MR) is 108 cm³/mol. The molecule has 152 valence electrons. The van der Waals surface area contributed by atoms with Crippen molar-refractivity contribution in [1.29, 1.82) is 0 Å². The third-order valence-electron chi connectivity index (χ3n) is 4.16. The maximum Gasteiger partial charge on any atom is 0.404 e. The van der Waals surface area contributed by atoms with E-state index in [4.69, 9.17) is 9.84 Å². The van der Waals surface area contributed by atoms with Gasteiger partial charge in [0, 0.05) is 22.5 Å². The lowest BCUT2D eigenvalue weighted by molar-refractivity contribution is 0.194. The number of ether oxygens (including phenoxy) is 1. The molecule has 0 saturated carbocycles. The molecule has 0 aliphatic heterocycles. The molecule has 0 bridgehead atoms. The highest BCUT2D eigenvalue weighted by Gasteiger charge is 2.27. The second-order valence-electron chi connectivity index (χ2n) is 6.06. The van der Waals surface area contributed by atoms with Crippen LogP contribution < -0.4 is 10.1 Å². The molecule has 1 heterocycles. The second kappa shape index (κ2) is 8.62. The number of benzene rings is 2. The fraction of sp³-hybridized carbons (Fsp3) is 0.150. The van der Waals surface area contributed by atoms with Gasteiger partial charge in [-0.25, -0.2) is 17.6 Å². The van der Waals surface area contributed by atoms with Crippen molar-refractivity contribution in [3.05, 3.63) is 65.3 Å². The minimum Gasteiger partial charge on any atom is -0.497 e. The summed E-state index contributed by atoms with van der Waals surface area (Å²) in [5, 5.41) is 11.0. The molecular formula is C20H18FNO5S2. The maximum atomic E-state index is 14.4. The Morgan fingerprint density at radius 2 is 1.90 bits per heavy atom. The van der Waals surface area contributed by atoms with Crippen LogP contribution in [0.5, 0.6) is 5.75 Å². The van der Waals surface area contributed by atoms with Gasteiger partial charge in [-0.05, 0) is 36.8 Å². The topological polar surface area (TPSA) is 92.7 Å². The Balaban J connectivity index is 2.11. The molecule has 1 amide bonds. The van der Waals surface area contributed by atoms with Crippen molar-refractivity contribution >= 4 is 27.3 Å². The minimum absolute atomic E-state index is 0.00109. The summed E-state index contributed by atoms with van der Waals surface area (Å²) in [5.74, 6) is -0.149. The van der Waals surface area contributed by atoms with Crippen LogP contribution in [-0.4, -0.2) is 33.3 Å². The lowest BCUT2D eigenvalue weighted by atomic mass is 10.1. The highest BCUT2D eigenvalue weighted by Crippen LogP contribution is 2.40. The number of carbonyl (C=O) groups is 1. The molecule has 0 aliphatic rings. The number of methoxy groups -OCH3 is 1. The van der Waals surface area contributed by atoms with Crippen LogP contribution in [-0.2, 0) is 16.3 Å². The number of sulfone groups is 1. The van der Waals surface area contributed by atoms with Crippen molar-refractivity contribution in [3.63, 3.8) is 0 Å². The third kappa shape index (κ3) is 4.57. The number of carboxylic acid groups (broad SMARTS) is 1. The summed E-state index contributed by atoms with van der Waals surface area (Å²) >= 11 is 1.00. The Hall–Kier alpha value is -2.91. The van der Waals surface area contributed by atoms with E-state index in [0.717, 1.165) is 11.3 Å². The molecular weight excluding hydrogens is 417 g/mol. The summed E-state index contributed by atoms with van der Waals surface area (Å²) in [4.78, 5) is 11.3. The van der Waals surface area contributed by atoms with E-state index in [1.54, 1.807) is 24.3 Å². The van der Waals surface area contributed by atoms with Gasteiger partial charge in [-0.1, -0.05) is 24.3 Å². The Bertz CT molecular complexity index is 1140. The second-order valence-corrected chi connectivity index (χ2v) is 9.34. The molecule has 3 rings (SSSR count). The zero-order chi connectivity index (χ0) is 21.0. The number of rotatable bonds is 7. The van der Waals surface area contributed by atoms with Gasteiger partial charge < -0.3 is 15.2 Å². The number of hydrogen-bond donors (Lipinski definition) is 2. The van der Waals surface area contributed by atoms with E-state index in [9.17, 15) is 17.6 Å². The minimum atomic E-state index is -3.95. The van der Waals surface area contributed by atoms with Crippen molar-refractivity contribution in [2.24, 2.45) is 0 Å². The van der Waals surface area contributed by atoms with E-state index in [2.05, 4.69) is 5.32 Å². The molecule has 0 atom stereocenters. The van der Waals surface area contributed by atoms with Gasteiger partial charge in [0.05, 0.1) is 12.0 Å². The largest absolute Gasteiger partial charge is 0.497 e. The average molecular weight is 435 g/mol. The van der Waals surface area contributed by atoms with Gasteiger partial charge in [0.2, 0.25) is 9.84 Å². The SMILES string of the molecule is COc1cccc(S(=O)(=O)c2sc(CCNC(=O)O)cc2-c2ccccc2F)c1. The first-order chi connectivity index (χ1) is 13.8. The van der Waals surface area contributed by atoms with Crippen molar-refractivity contribution in [2.45, 2.75) is 15.5 Å². The summed E-state index contributed by atoms with van der Waals surface area (Å²) in [7, 11) is -2.51. The summed E-state index contributed by atoms with van der Waals surface area (Å²) in [6, 6.07) is 13.6. The standard InChI is InChI=1S/C20H18FNO5S2/c1-27-13-5-4-6-15(11-13)29(25,26)19-17(16-7-2-3-8-18(16)21)12-14(28-19)9-10-22-20(23)24/h2-8,11-12,22H,9-10H2,1H3,(H,23,24). The van der Waals surface area contributed by atoms with Gasteiger partial charge in [-0.2, -0.15) is 0 Å². The van der Waals surface area contributed by atoms with Gasteiger partial charge >= 0.3 is 6.09 Å². The number of amides is 1. The number of halogens is 1. The summed E-state index contributed by atoms with van der Waals surface area (Å²) < 4.78 is 46.2. The summed E-state index contributed by atoms with van der Waals surface area (Å²) in [6.45, 7) is 0.116. The van der Waals surface area contributed by atoms with Crippen molar-refractivity contribution < 1.29 is 27.4 Å². The first kappa shape index (κ1) is 20.8. The first-order valence-corrected chi connectivity index (χ1v) is 10.9. The van der Waals surface area contributed by atoms with E-state index in [1.807, 2.05) is 0 Å². The van der Waals surface area contributed by atoms with Crippen LogP contribution in [0.25, 0.3) is 11.1 Å². The maximum absolute atomic E-state index is 14.4. The monoisotopic (exact) mass is 435 g/mol. The van der Waals surface area contributed by atoms with Crippen LogP contribution in [0.2, 0.25) is 0 Å². The highest BCUT2D eigenvalue weighted by molar-refractivity contribution is 7.93. The van der Waals surface area contributed by atoms with Gasteiger partial charge in [0.25, 0.3) is 0 Å². The smallest absolute Gasteiger partial charge is 0.404 e. The van der Waals surface area contributed by atoms with Gasteiger partial charge in [-0.15, -0.1) is 11.3 Å². The molecule has 0 unspecified atom stereocenters. The summed E-state index contributed by atoms with van der Waals surface area (Å²) in [6.07, 6.45) is -0.883. The zero-order valence-electron chi connectivity index (χ0n) is 15.4. The molecule has 2 aromatic carbocycles. The van der Waals surface area contributed by atoms with Crippen LogP contribution in [0, 0.1) is 5.82 Å². The van der Waals surface area contributed by atoms with Crippen molar-refractivity contribution in [3.8, 4) is 16.9 Å². The normalized spacial score (nSPS) is 11.2. The number of nitrogens with one attached hydrogen (secondary N) is 1. The van der Waals surface area contributed by atoms with E-state index in [1.165, 1.54) is 37.4 Å². The van der Waals surface area contributed by atoms with E-state index in [0.29, 0.717) is 10.6 Å². The quantitative estimate of drug-likeness (QED) is 0.580. The van der Waals surface area contributed by atoms with Crippen LogP contribution in [0.1, 0.15) is 4.88 Å². The molecule has 0 radical (unpaired) electrons. The fourth-order valence-corrected chi connectivity index (χ4v) is 5.93. The molecule has 3 aromatic rings. The Kier molecular flexibility index (Phi) is 6.19. The lowest BCUT2D eigenvalue weighted by Crippen LogP contribution is -2.22. The van der Waals surface area contributed by atoms with Crippen molar-refractivity contribution in [2.75, 3.05) is 13.7 Å². The van der Waals surface area contributed by atoms with Crippen molar-refractivity contribution in [1.82, 2.24) is 5.32 Å². The Labute approximate surface area is 171 Å². The predicted octanol–water partition coefficient (Wildman–Crippen LogP) is 4.21. The van der Waals surface area contributed by atoms with Gasteiger partial charge in [-0.3, -0.25) is 0 Å². The van der Waals surface area contributed by atoms with E-state index < -0.39 is 21.7 Å².